The summed E-state index contributed by atoms with van der Waals surface area (Å²) >= 11 is 0. The van der Waals surface area contributed by atoms with E-state index in [1.165, 1.54) is 18.2 Å². The number of amides is 3. The van der Waals surface area contributed by atoms with Gasteiger partial charge in [0.05, 0.1) is 6.04 Å². The number of imide groups is 1. The van der Waals surface area contributed by atoms with Gasteiger partial charge in [0, 0.05) is 39.8 Å². The molecule has 1 aliphatic heterocycles. The molecular weight excluding hydrogens is 292 g/mol. The molecule has 3 amide bonds. The molecule has 1 saturated heterocycles. The zero-order valence-corrected chi connectivity index (χ0v) is 14.1. The van der Waals surface area contributed by atoms with Gasteiger partial charge in [-0.1, -0.05) is 24.3 Å². The van der Waals surface area contributed by atoms with Crippen LogP contribution in [0.1, 0.15) is 18.1 Å². The summed E-state index contributed by atoms with van der Waals surface area (Å²) in [5, 5.41) is 4.74. The van der Waals surface area contributed by atoms with Crippen LogP contribution < -0.4 is 10.6 Å². The second-order valence-corrected chi connectivity index (χ2v) is 5.98. The van der Waals surface area contributed by atoms with Gasteiger partial charge in [-0.3, -0.25) is 19.9 Å². The number of nitrogens with zero attached hydrogens (tertiary/aromatic N) is 2. The van der Waals surface area contributed by atoms with Gasteiger partial charge in [-0.05, 0) is 25.0 Å². The molecule has 0 aliphatic carbocycles. The molecule has 6 heteroatoms. The first-order valence-corrected chi connectivity index (χ1v) is 8.04. The van der Waals surface area contributed by atoms with Crippen molar-refractivity contribution < 1.29 is 9.59 Å². The quantitative estimate of drug-likeness (QED) is 0.868. The lowest BCUT2D eigenvalue weighted by atomic mass is 10.1. The van der Waals surface area contributed by atoms with Gasteiger partial charge >= 0.3 is 6.03 Å². The molecule has 0 aromatic heterocycles. The standard InChI is InChI=1S/C17H26N4O2/c1-13-6-4-5-7-15(13)12-20-8-10-21(11-9-20)14(2)16(22)19-17(23)18-3/h4-7,14H,8-12H2,1-3H3,(H2,18,19,22,23)/t14-/m0/s1. The minimum atomic E-state index is -0.458. The van der Waals surface area contributed by atoms with Gasteiger partial charge < -0.3 is 5.32 Å². The molecule has 1 atom stereocenters. The highest BCUT2D eigenvalue weighted by molar-refractivity contribution is 5.96. The van der Waals surface area contributed by atoms with Crippen LogP contribution in [0.3, 0.4) is 0 Å². The summed E-state index contributed by atoms with van der Waals surface area (Å²) in [4.78, 5) is 27.8. The number of aryl methyl sites for hydroxylation is 1. The average molecular weight is 318 g/mol. The third-order valence-electron chi connectivity index (χ3n) is 4.45. The Morgan fingerprint density at radius 3 is 2.43 bits per heavy atom. The fraction of sp³-hybridized carbons (Fsp3) is 0.529. The minimum Gasteiger partial charge on any atom is -0.341 e. The first-order chi connectivity index (χ1) is 11.0. The van der Waals surface area contributed by atoms with E-state index in [-0.39, 0.29) is 11.9 Å². The van der Waals surface area contributed by atoms with Gasteiger partial charge in [0.1, 0.15) is 0 Å². The van der Waals surface area contributed by atoms with Crippen LogP contribution in [0.4, 0.5) is 4.79 Å². The fourth-order valence-electron chi connectivity index (χ4n) is 2.78. The summed E-state index contributed by atoms with van der Waals surface area (Å²) < 4.78 is 0. The molecule has 2 rings (SSSR count). The second-order valence-electron chi connectivity index (χ2n) is 5.98. The van der Waals surface area contributed by atoms with E-state index >= 15 is 0 Å². The molecule has 23 heavy (non-hydrogen) atoms. The second kappa shape index (κ2) is 8.08. The molecule has 1 aromatic rings. The van der Waals surface area contributed by atoms with Gasteiger partial charge in [0.15, 0.2) is 0 Å². The third-order valence-corrected chi connectivity index (χ3v) is 4.45. The normalized spacial score (nSPS) is 17.5. The van der Waals surface area contributed by atoms with E-state index in [1.54, 1.807) is 0 Å². The van der Waals surface area contributed by atoms with E-state index in [1.807, 2.05) is 6.92 Å². The fourth-order valence-corrected chi connectivity index (χ4v) is 2.78. The van der Waals surface area contributed by atoms with Crippen molar-refractivity contribution in [3.8, 4) is 0 Å². The molecule has 2 N–H and O–H groups in total. The number of hydrogen-bond acceptors (Lipinski definition) is 4. The van der Waals surface area contributed by atoms with E-state index in [0.29, 0.717) is 0 Å². The van der Waals surface area contributed by atoms with Gasteiger partial charge in [0.25, 0.3) is 0 Å². The van der Waals surface area contributed by atoms with Crippen LogP contribution in [-0.4, -0.2) is 61.0 Å². The highest BCUT2D eigenvalue weighted by Crippen LogP contribution is 2.13. The van der Waals surface area contributed by atoms with Gasteiger partial charge in [-0.25, -0.2) is 4.79 Å². The Kier molecular flexibility index (Phi) is 6.12. The van der Waals surface area contributed by atoms with Gasteiger partial charge in [-0.2, -0.15) is 0 Å². The Morgan fingerprint density at radius 2 is 1.83 bits per heavy atom. The SMILES string of the molecule is CNC(=O)NC(=O)[C@H](C)N1CCN(Cc2ccccc2C)CC1. The Morgan fingerprint density at radius 1 is 1.17 bits per heavy atom. The van der Waals surface area contributed by atoms with Crippen molar-refractivity contribution in [2.24, 2.45) is 0 Å². The number of carbonyl (C=O) groups excluding carboxylic acids is 2. The monoisotopic (exact) mass is 318 g/mol. The van der Waals surface area contributed by atoms with Crippen molar-refractivity contribution in [2.75, 3.05) is 33.2 Å². The number of hydrogen-bond donors (Lipinski definition) is 2. The molecule has 1 heterocycles. The first kappa shape index (κ1) is 17.4. The maximum Gasteiger partial charge on any atom is 0.321 e. The Hall–Kier alpha value is -1.92. The number of urea groups is 1. The number of piperazine rings is 1. The van der Waals surface area contributed by atoms with Gasteiger partial charge in [0.2, 0.25) is 5.91 Å². The highest BCUT2D eigenvalue weighted by atomic mass is 16.2. The zero-order valence-electron chi connectivity index (χ0n) is 14.1. The van der Waals surface area contributed by atoms with E-state index in [9.17, 15) is 9.59 Å². The van der Waals surface area contributed by atoms with Crippen LogP contribution in [0.5, 0.6) is 0 Å². The Bertz CT molecular complexity index is 553. The van der Waals surface area contributed by atoms with Crippen LogP contribution >= 0.6 is 0 Å². The van der Waals surface area contributed by atoms with E-state index in [4.69, 9.17) is 0 Å². The van der Waals surface area contributed by atoms with E-state index in [0.717, 1.165) is 32.7 Å². The van der Waals surface area contributed by atoms with E-state index in [2.05, 4.69) is 51.6 Å². The van der Waals surface area contributed by atoms with Crippen LogP contribution in [-0.2, 0) is 11.3 Å². The van der Waals surface area contributed by atoms with Crippen molar-refractivity contribution >= 4 is 11.9 Å². The molecule has 0 spiro atoms. The summed E-state index contributed by atoms with van der Waals surface area (Å²) in [6, 6.07) is 7.68. The molecule has 126 valence electrons. The Balaban J connectivity index is 1.82. The maximum absolute atomic E-state index is 12.0. The summed E-state index contributed by atoms with van der Waals surface area (Å²) in [6.07, 6.45) is 0. The molecule has 0 saturated carbocycles. The van der Waals surface area contributed by atoms with Crippen molar-refractivity contribution in [3.05, 3.63) is 35.4 Å². The number of carbonyl (C=O) groups is 2. The topological polar surface area (TPSA) is 64.7 Å². The van der Waals surface area contributed by atoms with E-state index < -0.39 is 6.03 Å². The molecule has 1 fully saturated rings. The van der Waals surface area contributed by atoms with Crippen LogP contribution in [0, 0.1) is 6.92 Å². The number of nitrogens with one attached hydrogen (secondary N) is 2. The van der Waals surface area contributed by atoms with Crippen molar-refractivity contribution in [1.82, 2.24) is 20.4 Å². The van der Waals surface area contributed by atoms with Gasteiger partial charge in [-0.15, -0.1) is 0 Å². The van der Waals surface area contributed by atoms with Crippen LogP contribution in [0.2, 0.25) is 0 Å². The summed E-state index contributed by atoms with van der Waals surface area (Å²) in [6.45, 7) is 8.42. The van der Waals surface area contributed by atoms with Crippen molar-refractivity contribution in [3.63, 3.8) is 0 Å². The molecule has 0 unspecified atom stereocenters. The lowest BCUT2D eigenvalue weighted by Crippen LogP contribution is -2.55. The smallest absolute Gasteiger partial charge is 0.321 e. The number of rotatable bonds is 4. The average Bonchev–Trinajstić information content (AvgIpc) is 2.56. The largest absolute Gasteiger partial charge is 0.341 e. The Labute approximate surface area is 137 Å². The molecular formula is C17H26N4O2. The lowest BCUT2D eigenvalue weighted by Gasteiger charge is -2.37. The summed E-state index contributed by atoms with van der Waals surface area (Å²) in [5.74, 6) is -0.253. The first-order valence-electron chi connectivity index (χ1n) is 8.04. The summed E-state index contributed by atoms with van der Waals surface area (Å²) in [5.41, 5.74) is 2.67. The van der Waals surface area contributed by atoms with Crippen LogP contribution in [0.25, 0.3) is 0 Å². The molecule has 1 aliphatic rings. The highest BCUT2D eigenvalue weighted by Gasteiger charge is 2.26. The van der Waals surface area contributed by atoms with Crippen molar-refractivity contribution in [2.45, 2.75) is 26.4 Å². The molecule has 0 bridgehead atoms. The van der Waals surface area contributed by atoms with Crippen molar-refractivity contribution in [1.29, 1.82) is 0 Å². The number of benzene rings is 1. The van der Waals surface area contributed by atoms with Crippen LogP contribution in [0.15, 0.2) is 24.3 Å². The maximum atomic E-state index is 12.0. The summed E-state index contributed by atoms with van der Waals surface area (Å²) in [7, 11) is 1.50. The third kappa shape index (κ3) is 4.77. The minimum absolute atomic E-state index is 0.253. The predicted octanol–water partition coefficient (Wildman–Crippen LogP) is 0.957. The zero-order chi connectivity index (χ0) is 16.8. The molecule has 0 radical (unpaired) electrons. The molecule has 1 aromatic carbocycles. The predicted molar refractivity (Wildman–Crippen MR) is 90.1 cm³/mol. The molecule has 6 nitrogen and oxygen atoms in total. The lowest BCUT2D eigenvalue weighted by molar-refractivity contribution is -0.125.